The molecule has 1 amide bonds. The average Bonchev–Trinajstić information content (AvgIpc) is 2.15. The van der Waals surface area contributed by atoms with Gasteiger partial charge in [0.1, 0.15) is 6.10 Å². The summed E-state index contributed by atoms with van der Waals surface area (Å²) < 4.78 is 6.01. The highest BCUT2D eigenvalue weighted by atomic mass is 79.9. The zero-order valence-corrected chi connectivity index (χ0v) is 8.89. The topological polar surface area (TPSA) is 50.4 Å². The number of hydrogen-bond acceptors (Lipinski definition) is 3. The SMILES string of the molecule is C=C(Br)CNC(=O)[C@H]1CNCCO1. The number of carbonyl (C=O) groups excluding carboxylic acids is 1. The van der Waals surface area contributed by atoms with Gasteiger partial charge in [0.05, 0.1) is 6.61 Å². The summed E-state index contributed by atoms with van der Waals surface area (Å²) in [6, 6.07) is 0. The zero-order chi connectivity index (χ0) is 9.68. The number of ether oxygens (including phenoxy) is 1. The summed E-state index contributed by atoms with van der Waals surface area (Å²) in [5, 5.41) is 5.78. The third kappa shape index (κ3) is 3.89. The zero-order valence-electron chi connectivity index (χ0n) is 7.31. The van der Waals surface area contributed by atoms with E-state index in [0.29, 0.717) is 19.7 Å². The maximum atomic E-state index is 11.4. The number of morpholine rings is 1. The fourth-order valence-corrected chi connectivity index (χ4v) is 1.17. The Morgan fingerprint density at radius 3 is 3.08 bits per heavy atom. The average molecular weight is 249 g/mol. The Morgan fingerprint density at radius 1 is 1.77 bits per heavy atom. The van der Waals surface area contributed by atoms with Gasteiger partial charge in [-0.2, -0.15) is 0 Å². The molecule has 4 nitrogen and oxygen atoms in total. The molecule has 0 saturated carbocycles. The molecular formula is C8H13BrN2O2. The number of carbonyl (C=O) groups is 1. The van der Waals surface area contributed by atoms with Gasteiger partial charge in [-0.15, -0.1) is 0 Å². The molecular weight excluding hydrogens is 236 g/mol. The molecule has 0 aromatic rings. The van der Waals surface area contributed by atoms with E-state index in [2.05, 4.69) is 33.1 Å². The number of nitrogens with one attached hydrogen (secondary N) is 2. The van der Waals surface area contributed by atoms with Gasteiger partial charge in [-0.3, -0.25) is 4.79 Å². The molecule has 1 atom stereocenters. The maximum absolute atomic E-state index is 11.4. The second kappa shape index (κ2) is 5.36. The highest BCUT2D eigenvalue weighted by Crippen LogP contribution is 1.99. The molecule has 1 fully saturated rings. The van der Waals surface area contributed by atoms with E-state index in [1.165, 1.54) is 0 Å². The molecule has 5 heteroatoms. The van der Waals surface area contributed by atoms with Crippen LogP contribution >= 0.6 is 15.9 Å². The van der Waals surface area contributed by atoms with E-state index < -0.39 is 0 Å². The second-order valence-corrected chi connectivity index (χ2v) is 3.92. The number of rotatable bonds is 3. The molecule has 0 aromatic heterocycles. The molecule has 1 heterocycles. The van der Waals surface area contributed by atoms with Gasteiger partial charge < -0.3 is 15.4 Å². The number of hydrogen-bond donors (Lipinski definition) is 2. The van der Waals surface area contributed by atoms with Crippen molar-refractivity contribution in [3.8, 4) is 0 Å². The van der Waals surface area contributed by atoms with Gasteiger partial charge in [0.2, 0.25) is 0 Å². The Bertz CT molecular complexity index is 202. The van der Waals surface area contributed by atoms with Crippen LogP contribution in [0.2, 0.25) is 0 Å². The van der Waals surface area contributed by atoms with E-state index in [9.17, 15) is 4.79 Å². The van der Waals surface area contributed by atoms with Crippen molar-refractivity contribution in [2.45, 2.75) is 6.10 Å². The molecule has 0 aromatic carbocycles. The summed E-state index contributed by atoms with van der Waals surface area (Å²) >= 11 is 3.16. The lowest BCUT2D eigenvalue weighted by atomic mass is 10.3. The van der Waals surface area contributed by atoms with Crippen LogP contribution in [0.15, 0.2) is 11.1 Å². The third-order valence-corrected chi connectivity index (χ3v) is 1.95. The first kappa shape index (κ1) is 10.7. The summed E-state index contributed by atoms with van der Waals surface area (Å²) in [4.78, 5) is 11.4. The molecule has 74 valence electrons. The summed E-state index contributed by atoms with van der Waals surface area (Å²) in [7, 11) is 0. The Labute approximate surface area is 85.8 Å². The Morgan fingerprint density at radius 2 is 2.54 bits per heavy atom. The van der Waals surface area contributed by atoms with Gasteiger partial charge >= 0.3 is 0 Å². The van der Waals surface area contributed by atoms with Gasteiger partial charge in [0.15, 0.2) is 0 Å². The molecule has 2 N–H and O–H groups in total. The Hall–Kier alpha value is -0.390. The Balaban J connectivity index is 2.25. The van der Waals surface area contributed by atoms with Crippen LogP contribution in [0.25, 0.3) is 0 Å². The van der Waals surface area contributed by atoms with Crippen LogP contribution in [-0.4, -0.2) is 38.3 Å². The summed E-state index contributed by atoms with van der Waals surface area (Å²) in [5.74, 6) is -0.0900. The van der Waals surface area contributed by atoms with Gasteiger partial charge in [-0.25, -0.2) is 0 Å². The summed E-state index contributed by atoms with van der Waals surface area (Å²) in [6.45, 7) is 6.05. The van der Waals surface area contributed by atoms with Crippen LogP contribution in [0.4, 0.5) is 0 Å². The molecule has 1 aliphatic heterocycles. The van der Waals surface area contributed by atoms with E-state index >= 15 is 0 Å². The van der Waals surface area contributed by atoms with Crippen molar-refractivity contribution in [1.82, 2.24) is 10.6 Å². The minimum Gasteiger partial charge on any atom is -0.366 e. The van der Waals surface area contributed by atoms with E-state index in [1.807, 2.05) is 0 Å². The standard InChI is InChI=1S/C8H13BrN2O2/c1-6(9)4-11-8(12)7-5-10-2-3-13-7/h7,10H,1-5H2,(H,11,12)/t7-/m1/s1. The molecule has 1 rings (SSSR count). The maximum Gasteiger partial charge on any atom is 0.250 e. The monoisotopic (exact) mass is 248 g/mol. The van der Waals surface area contributed by atoms with Crippen molar-refractivity contribution in [2.75, 3.05) is 26.2 Å². The lowest BCUT2D eigenvalue weighted by Gasteiger charge is -2.22. The predicted molar refractivity (Wildman–Crippen MR) is 53.7 cm³/mol. The number of halogens is 1. The van der Waals surface area contributed by atoms with Crippen molar-refractivity contribution in [3.63, 3.8) is 0 Å². The minimum atomic E-state index is -0.361. The van der Waals surface area contributed by atoms with E-state index in [-0.39, 0.29) is 12.0 Å². The first-order valence-electron chi connectivity index (χ1n) is 4.13. The minimum absolute atomic E-state index is 0.0900. The molecule has 0 aliphatic carbocycles. The highest BCUT2D eigenvalue weighted by molar-refractivity contribution is 9.11. The molecule has 0 spiro atoms. The van der Waals surface area contributed by atoms with E-state index in [4.69, 9.17) is 4.74 Å². The number of amides is 1. The van der Waals surface area contributed by atoms with Crippen LogP contribution in [-0.2, 0) is 9.53 Å². The Kier molecular flexibility index (Phi) is 4.41. The molecule has 13 heavy (non-hydrogen) atoms. The van der Waals surface area contributed by atoms with Gasteiger partial charge in [0.25, 0.3) is 5.91 Å². The smallest absolute Gasteiger partial charge is 0.250 e. The summed E-state index contributed by atoms with van der Waals surface area (Å²) in [6.07, 6.45) is -0.361. The quantitative estimate of drug-likeness (QED) is 0.740. The van der Waals surface area contributed by atoms with E-state index in [0.717, 1.165) is 11.0 Å². The van der Waals surface area contributed by atoms with Crippen LogP contribution in [0.1, 0.15) is 0 Å². The highest BCUT2D eigenvalue weighted by Gasteiger charge is 2.20. The first-order valence-corrected chi connectivity index (χ1v) is 4.93. The first-order chi connectivity index (χ1) is 6.20. The molecule has 1 saturated heterocycles. The van der Waals surface area contributed by atoms with Crippen LogP contribution in [0, 0.1) is 0 Å². The van der Waals surface area contributed by atoms with Crippen molar-refractivity contribution in [3.05, 3.63) is 11.1 Å². The van der Waals surface area contributed by atoms with Crippen molar-refractivity contribution in [2.24, 2.45) is 0 Å². The summed E-state index contributed by atoms with van der Waals surface area (Å²) in [5.41, 5.74) is 0. The molecule has 0 bridgehead atoms. The van der Waals surface area contributed by atoms with Crippen LogP contribution < -0.4 is 10.6 Å². The lowest BCUT2D eigenvalue weighted by Crippen LogP contribution is -2.48. The van der Waals surface area contributed by atoms with Crippen LogP contribution in [0.5, 0.6) is 0 Å². The van der Waals surface area contributed by atoms with Gasteiger partial charge in [-0.1, -0.05) is 22.5 Å². The van der Waals surface area contributed by atoms with Crippen molar-refractivity contribution >= 4 is 21.8 Å². The molecule has 0 unspecified atom stereocenters. The van der Waals surface area contributed by atoms with Crippen molar-refractivity contribution < 1.29 is 9.53 Å². The second-order valence-electron chi connectivity index (χ2n) is 2.80. The van der Waals surface area contributed by atoms with Crippen molar-refractivity contribution in [1.29, 1.82) is 0 Å². The van der Waals surface area contributed by atoms with Crippen LogP contribution in [0.3, 0.4) is 0 Å². The molecule has 0 radical (unpaired) electrons. The fourth-order valence-electron chi connectivity index (χ4n) is 1.03. The lowest BCUT2D eigenvalue weighted by molar-refractivity contribution is -0.133. The van der Waals surface area contributed by atoms with Gasteiger partial charge in [0, 0.05) is 24.1 Å². The normalized spacial score (nSPS) is 22.4. The molecule has 1 aliphatic rings. The fraction of sp³-hybridized carbons (Fsp3) is 0.625. The van der Waals surface area contributed by atoms with E-state index in [1.54, 1.807) is 0 Å². The largest absolute Gasteiger partial charge is 0.366 e. The van der Waals surface area contributed by atoms with Gasteiger partial charge in [-0.05, 0) is 0 Å². The third-order valence-electron chi connectivity index (χ3n) is 1.67. The predicted octanol–water partition coefficient (Wildman–Crippen LogP) is -0.000400.